The molecule has 5 nitrogen and oxygen atoms in total. The van der Waals surface area contributed by atoms with Crippen molar-refractivity contribution < 1.29 is 19.8 Å². The first-order valence-corrected chi connectivity index (χ1v) is 5.72. The van der Waals surface area contributed by atoms with Crippen LogP contribution < -0.4 is 0 Å². The van der Waals surface area contributed by atoms with E-state index in [4.69, 9.17) is 5.11 Å². The molecule has 18 heavy (non-hydrogen) atoms. The van der Waals surface area contributed by atoms with Crippen LogP contribution in [0.15, 0.2) is 24.3 Å². The Morgan fingerprint density at radius 1 is 1.39 bits per heavy atom. The highest BCUT2D eigenvalue weighted by Crippen LogP contribution is 2.13. The smallest absolute Gasteiger partial charge is 0.326 e. The van der Waals surface area contributed by atoms with E-state index >= 15 is 0 Å². The summed E-state index contributed by atoms with van der Waals surface area (Å²) in [5.74, 6) is -1.20. The summed E-state index contributed by atoms with van der Waals surface area (Å²) in [6, 6.07) is 5.56. The summed E-state index contributed by atoms with van der Waals surface area (Å²) in [5, 5.41) is 18.3. The first-order chi connectivity index (χ1) is 8.45. The Morgan fingerprint density at radius 2 is 2.06 bits per heavy atom. The zero-order valence-corrected chi connectivity index (χ0v) is 10.5. The number of hydrogen-bond acceptors (Lipinski definition) is 3. The minimum Gasteiger partial charge on any atom is -0.508 e. The normalized spacial score (nSPS) is 11.9. The molecular weight excluding hydrogens is 234 g/mol. The molecule has 0 heterocycles. The lowest BCUT2D eigenvalue weighted by Crippen LogP contribution is -2.42. The van der Waals surface area contributed by atoms with Crippen molar-refractivity contribution in [1.29, 1.82) is 0 Å². The van der Waals surface area contributed by atoms with Gasteiger partial charge in [0, 0.05) is 7.05 Å². The van der Waals surface area contributed by atoms with E-state index in [2.05, 4.69) is 0 Å². The minimum atomic E-state index is -1.01. The van der Waals surface area contributed by atoms with Crippen LogP contribution in [-0.2, 0) is 16.0 Å². The van der Waals surface area contributed by atoms with Crippen LogP contribution in [-0.4, -0.2) is 40.1 Å². The Balaban J connectivity index is 2.73. The predicted octanol–water partition coefficient (Wildman–Crippen LogP) is 1.26. The summed E-state index contributed by atoms with van der Waals surface area (Å²) in [4.78, 5) is 24.1. The third-order valence-electron chi connectivity index (χ3n) is 2.80. The Bertz CT molecular complexity index is 444. The van der Waals surface area contributed by atoms with Crippen LogP contribution in [0.4, 0.5) is 0 Å². The van der Waals surface area contributed by atoms with Crippen molar-refractivity contribution in [3.05, 3.63) is 29.8 Å². The maximum Gasteiger partial charge on any atom is 0.326 e. The van der Waals surface area contributed by atoms with Gasteiger partial charge >= 0.3 is 5.97 Å². The van der Waals surface area contributed by atoms with Gasteiger partial charge in [0.25, 0.3) is 0 Å². The number of carbonyl (C=O) groups is 2. The standard InChI is InChI=1S/C13H17NO4/c1-3-11(13(17)18)14(2)12(16)8-9-5-4-6-10(15)7-9/h4-7,11,15H,3,8H2,1-2H3,(H,17,18). The number of carboxylic acids is 1. The molecular formula is C13H17NO4. The minimum absolute atomic E-state index is 0.0781. The molecule has 0 aliphatic carbocycles. The van der Waals surface area contributed by atoms with Crippen molar-refractivity contribution in [3.63, 3.8) is 0 Å². The topological polar surface area (TPSA) is 77.8 Å². The molecule has 1 aromatic rings. The number of amides is 1. The van der Waals surface area contributed by atoms with Gasteiger partial charge in [-0.15, -0.1) is 0 Å². The first-order valence-electron chi connectivity index (χ1n) is 5.72. The third kappa shape index (κ3) is 3.48. The lowest BCUT2D eigenvalue weighted by atomic mass is 10.1. The van der Waals surface area contributed by atoms with Crippen LogP contribution in [0.1, 0.15) is 18.9 Å². The average Bonchev–Trinajstić information content (AvgIpc) is 2.29. The van der Waals surface area contributed by atoms with Gasteiger partial charge in [-0.2, -0.15) is 0 Å². The Hall–Kier alpha value is -2.04. The summed E-state index contributed by atoms with van der Waals surface area (Å²) in [6.07, 6.45) is 0.437. The molecule has 5 heteroatoms. The van der Waals surface area contributed by atoms with Crippen LogP contribution in [0.3, 0.4) is 0 Å². The molecule has 0 fully saturated rings. The SMILES string of the molecule is CCC(C(=O)O)N(C)C(=O)Cc1cccc(O)c1. The van der Waals surface area contributed by atoms with E-state index in [-0.39, 0.29) is 18.1 Å². The number of likely N-dealkylation sites (N-methyl/N-ethyl adjacent to an activating group) is 1. The summed E-state index contributed by atoms with van der Waals surface area (Å²) < 4.78 is 0. The van der Waals surface area contributed by atoms with Gasteiger partial charge in [0.1, 0.15) is 11.8 Å². The molecule has 0 aliphatic rings. The lowest BCUT2D eigenvalue weighted by molar-refractivity contribution is -0.148. The molecule has 1 unspecified atom stereocenters. The lowest BCUT2D eigenvalue weighted by Gasteiger charge is -2.23. The van der Waals surface area contributed by atoms with Gasteiger partial charge in [-0.1, -0.05) is 19.1 Å². The molecule has 98 valence electrons. The van der Waals surface area contributed by atoms with Gasteiger partial charge in [-0.3, -0.25) is 4.79 Å². The van der Waals surface area contributed by atoms with E-state index in [0.29, 0.717) is 12.0 Å². The van der Waals surface area contributed by atoms with Crippen molar-refractivity contribution in [3.8, 4) is 5.75 Å². The number of carbonyl (C=O) groups excluding carboxylic acids is 1. The van der Waals surface area contributed by atoms with Crippen molar-refractivity contribution in [2.24, 2.45) is 0 Å². The van der Waals surface area contributed by atoms with Gasteiger partial charge in [-0.05, 0) is 24.1 Å². The van der Waals surface area contributed by atoms with E-state index in [1.54, 1.807) is 19.1 Å². The van der Waals surface area contributed by atoms with E-state index in [1.807, 2.05) is 0 Å². The van der Waals surface area contributed by atoms with E-state index in [9.17, 15) is 14.7 Å². The largest absolute Gasteiger partial charge is 0.508 e. The number of phenolic OH excluding ortho intramolecular Hbond substituents is 1. The zero-order valence-electron chi connectivity index (χ0n) is 10.5. The van der Waals surface area contributed by atoms with Crippen LogP contribution in [0, 0.1) is 0 Å². The van der Waals surface area contributed by atoms with Crippen LogP contribution >= 0.6 is 0 Å². The highest BCUT2D eigenvalue weighted by atomic mass is 16.4. The number of hydrogen-bond donors (Lipinski definition) is 2. The maximum absolute atomic E-state index is 11.9. The van der Waals surface area contributed by atoms with Gasteiger partial charge in [-0.25, -0.2) is 4.79 Å². The van der Waals surface area contributed by atoms with Crippen molar-refractivity contribution in [2.75, 3.05) is 7.05 Å². The Kier molecular flexibility index (Phi) is 4.71. The first kappa shape index (κ1) is 14.0. The molecule has 0 bridgehead atoms. The highest BCUT2D eigenvalue weighted by molar-refractivity contribution is 5.84. The second-order valence-electron chi connectivity index (χ2n) is 4.11. The molecule has 2 N–H and O–H groups in total. The fraction of sp³-hybridized carbons (Fsp3) is 0.385. The van der Waals surface area contributed by atoms with Gasteiger partial charge in [0.05, 0.1) is 6.42 Å². The van der Waals surface area contributed by atoms with Crippen molar-refractivity contribution in [2.45, 2.75) is 25.8 Å². The number of benzene rings is 1. The molecule has 0 aromatic heterocycles. The van der Waals surface area contributed by atoms with Gasteiger partial charge < -0.3 is 15.1 Å². The predicted molar refractivity (Wildman–Crippen MR) is 66.3 cm³/mol. The van der Waals surface area contributed by atoms with Gasteiger partial charge in [0.2, 0.25) is 5.91 Å². The molecule has 1 atom stereocenters. The monoisotopic (exact) mass is 251 g/mol. The molecule has 0 saturated carbocycles. The number of aromatic hydroxyl groups is 1. The number of rotatable bonds is 5. The summed E-state index contributed by atoms with van der Waals surface area (Å²) >= 11 is 0. The molecule has 1 aromatic carbocycles. The van der Waals surface area contributed by atoms with Crippen LogP contribution in [0.25, 0.3) is 0 Å². The van der Waals surface area contributed by atoms with Crippen LogP contribution in [0.2, 0.25) is 0 Å². The second-order valence-corrected chi connectivity index (χ2v) is 4.11. The van der Waals surface area contributed by atoms with E-state index < -0.39 is 12.0 Å². The Labute approximate surface area is 106 Å². The molecule has 0 saturated heterocycles. The number of nitrogens with zero attached hydrogens (tertiary/aromatic N) is 1. The number of aliphatic carboxylic acids is 1. The van der Waals surface area contributed by atoms with Crippen LogP contribution in [0.5, 0.6) is 5.75 Å². The summed E-state index contributed by atoms with van der Waals surface area (Å²) in [6.45, 7) is 1.72. The highest BCUT2D eigenvalue weighted by Gasteiger charge is 2.24. The third-order valence-corrected chi connectivity index (χ3v) is 2.80. The van der Waals surface area contributed by atoms with Crippen molar-refractivity contribution >= 4 is 11.9 Å². The molecule has 0 aliphatic heterocycles. The molecule has 0 spiro atoms. The van der Waals surface area contributed by atoms with E-state index in [1.165, 1.54) is 24.1 Å². The zero-order chi connectivity index (χ0) is 13.7. The summed E-state index contributed by atoms with van der Waals surface area (Å²) in [7, 11) is 1.48. The number of carboxylic acid groups (broad SMARTS) is 1. The molecule has 1 rings (SSSR count). The summed E-state index contributed by atoms with van der Waals surface area (Å²) in [5.41, 5.74) is 0.659. The quantitative estimate of drug-likeness (QED) is 0.825. The Morgan fingerprint density at radius 3 is 2.56 bits per heavy atom. The fourth-order valence-electron chi connectivity index (χ4n) is 1.75. The second kappa shape index (κ2) is 6.05. The molecule has 1 amide bonds. The average molecular weight is 251 g/mol. The molecule has 0 radical (unpaired) electrons. The van der Waals surface area contributed by atoms with Crippen molar-refractivity contribution in [1.82, 2.24) is 4.90 Å². The van der Waals surface area contributed by atoms with E-state index in [0.717, 1.165) is 0 Å². The maximum atomic E-state index is 11.9. The van der Waals surface area contributed by atoms with Gasteiger partial charge in [0.15, 0.2) is 0 Å². The fourth-order valence-corrected chi connectivity index (χ4v) is 1.75. The number of phenols is 1.